The minimum atomic E-state index is -0.962. The minimum Gasteiger partial charge on any atom is -0.507 e. The predicted octanol–water partition coefficient (Wildman–Crippen LogP) is 8.20. The number of nitrogens with zero attached hydrogens (tertiary/aromatic N) is 3. The van der Waals surface area contributed by atoms with Crippen molar-refractivity contribution in [1.82, 2.24) is 10.2 Å². The van der Waals surface area contributed by atoms with Crippen LogP contribution in [0.5, 0.6) is 17.2 Å². The van der Waals surface area contributed by atoms with Crippen LogP contribution in [0.3, 0.4) is 0 Å². The Labute approximate surface area is 287 Å². The molecule has 48 heavy (non-hydrogen) atoms. The Balaban J connectivity index is 1.35. The first-order valence-corrected chi connectivity index (χ1v) is 17.4. The molecule has 1 unspecified atom stereocenters. The summed E-state index contributed by atoms with van der Waals surface area (Å²) in [6.45, 7) is 2.73. The molecule has 1 aliphatic heterocycles. The Kier molecular flexibility index (Phi) is 10.3. The number of aromatic nitrogens is 2. The van der Waals surface area contributed by atoms with Gasteiger partial charge >= 0.3 is 5.91 Å². The third-order valence-electron chi connectivity index (χ3n) is 8.15. The molecule has 6 rings (SSSR count). The standard InChI is InChI=1S/C37H35N3O6S2/c1-4-5-8-20-46-27-17-14-24(15-18-27)32-31(33(41)25-16-19-29(44-2)30(21-25)45-3)34(42)35(43)40(32)36-38-39-37(48-36)47-22-26-12-9-11-23-10-6-7-13-28(23)26/h6-7,9-19,21,32,41H,4-5,8,20,22H2,1-3H3/b33-31-. The molecule has 1 N–H and O–H groups in total. The Hall–Kier alpha value is -4.87. The van der Waals surface area contributed by atoms with Crippen LogP contribution in [0.15, 0.2) is 94.8 Å². The van der Waals surface area contributed by atoms with Crippen molar-refractivity contribution in [3.63, 3.8) is 0 Å². The van der Waals surface area contributed by atoms with E-state index in [0.29, 0.717) is 45.1 Å². The van der Waals surface area contributed by atoms with Crippen LogP contribution in [0.2, 0.25) is 0 Å². The first kappa shape index (κ1) is 33.0. The highest BCUT2D eigenvalue weighted by Gasteiger charge is 2.48. The van der Waals surface area contributed by atoms with Gasteiger partial charge in [0.15, 0.2) is 15.8 Å². The van der Waals surface area contributed by atoms with Crippen molar-refractivity contribution in [2.45, 2.75) is 42.3 Å². The molecule has 246 valence electrons. The molecule has 0 saturated carbocycles. The van der Waals surface area contributed by atoms with Crippen molar-refractivity contribution in [2.75, 3.05) is 25.7 Å². The topological polar surface area (TPSA) is 111 Å². The number of rotatable bonds is 13. The van der Waals surface area contributed by atoms with Crippen molar-refractivity contribution in [1.29, 1.82) is 0 Å². The number of Topliss-reactive ketones (excluding diaryl/α,β-unsaturated/α-hetero) is 1. The second-order valence-electron chi connectivity index (χ2n) is 11.1. The van der Waals surface area contributed by atoms with E-state index in [-0.39, 0.29) is 16.5 Å². The van der Waals surface area contributed by atoms with Gasteiger partial charge in [-0.25, -0.2) is 0 Å². The van der Waals surface area contributed by atoms with Gasteiger partial charge in [0.05, 0.1) is 32.4 Å². The van der Waals surface area contributed by atoms with E-state index < -0.39 is 17.7 Å². The molecule has 0 spiro atoms. The summed E-state index contributed by atoms with van der Waals surface area (Å²) >= 11 is 2.74. The summed E-state index contributed by atoms with van der Waals surface area (Å²) in [7, 11) is 2.99. The summed E-state index contributed by atoms with van der Waals surface area (Å²) in [5.74, 6) is 0.191. The molecule has 1 atom stereocenters. The van der Waals surface area contributed by atoms with Gasteiger partial charge in [0.2, 0.25) is 5.13 Å². The minimum absolute atomic E-state index is 0.0657. The Bertz CT molecular complexity index is 1970. The number of ether oxygens (including phenoxy) is 3. The number of hydrogen-bond acceptors (Lipinski definition) is 10. The lowest BCUT2D eigenvalue weighted by Gasteiger charge is -2.23. The maximum absolute atomic E-state index is 13.8. The fraction of sp³-hybridized carbons (Fsp3) is 0.243. The quantitative estimate of drug-likeness (QED) is 0.0328. The molecule has 1 fully saturated rings. The van der Waals surface area contributed by atoms with Crippen LogP contribution in [0.1, 0.15) is 48.9 Å². The molecule has 1 saturated heterocycles. The SMILES string of the molecule is CCCCCOc1ccc(C2/C(=C(/O)c3ccc(OC)c(OC)c3)C(=O)C(=O)N2c2nnc(SCc3cccc4ccccc34)s2)cc1. The molecule has 11 heteroatoms. The summed E-state index contributed by atoms with van der Waals surface area (Å²) in [4.78, 5) is 28.8. The van der Waals surface area contributed by atoms with Gasteiger partial charge in [-0.3, -0.25) is 14.5 Å². The maximum Gasteiger partial charge on any atom is 0.301 e. The fourth-order valence-corrected chi connectivity index (χ4v) is 7.56. The molecule has 0 aliphatic carbocycles. The summed E-state index contributed by atoms with van der Waals surface area (Å²) < 4.78 is 17.3. The summed E-state index contributed by atoms with van der Waals surface area (Å²) in [5.41, 5.74) is 2.00. The number of ketones is 1. The van der Waals surface area contributed by atoms with E-state index in [1.807, 2.05) is 30.3 Å². The van der Waals surface area contributed by atoms with Crippen LogP contribution in [0.25, 0.3) is 16.5 Å². The van der Waals surface area contributed by atoms with Crippen molar-refractivity contribution in [2.24, 2.45) is 0 Å². The first-order chi connectivity index (χ1) is 23.4. The molecular weight excluding hydrogens is 647 g/mol. The van der Waals surface area contributed by atoms with Crippen LogP contribution in [-0.4, -0.2) is 47.8 Å². The van der Waals surface area contributed by atoms with Crippen molar-refractivity contribution >= 4 is 56.5 Å². The number of aliphatic hydroxyl groups excluding tert-OH is 1. The number of aliphatic hydroxyl groups is 1. The van der Waals surface area contributed by atoms with Crippen molar-refractivity contribution < 1.29 is 28.9 Å². The van der Waals surface area contributed by atoms with Crippen LogP contribution in [0.4, 0.5) is 5.13 Å². The molecule has 0 radical (unpaired) electrons. The molecule has 0 bridgehead atoms. The highest BCUT2D eigenvalue weighted by molar-refractivity contribution is 8.00. The average molecular weight is 682 g/mol. The Morgan fingerprint density at radius 3 is 2.46 bits per heavy atom. The fourth-order valence-electron chi connectivity index (χ4n) is 5.69. The smallest absolute Gasteiger partial charge is 0.301 e. The van der Waals surface area contributed by atoms with E-state index in [4.69, 9.17) is 14.2 Å². The molecule has 1 aromatic heterocycles. The van der Waals surface area contributed by atoms with Gasteiger partial charge in [-0.2, -0.15) is 0 Å². The lowest BCUT2D eigenvalue weighted by atomic mass is 9.95. The Morgan fingerprint density at radius 2 is 1.69 bits per heavy atom. The number of hydrogen-bond donors (Lipinski definition) is 1. The van der Waals surface area contributed by atoms with Gasteiger partial charge in [-0.1, -0.05) is 97.5 Å². The predicted molar refractivity (Wildman–Crippen MR) is 189 cm³/mol. The monoisotopic (exact) mass is 681 g/mol. The van der Waals surface area contributed by atoms with E-state index in [0.717, 1.165) is 35.6 Å². The van der Waals surface area contributed by atoms with Gasteiger partial charge in [-0.15, -0.1) is 10.2 Å². The maximum atomic E-state index is 13.8. The van der Waals surface area contributed by atoms with Gasteiger partial charge in [0.25, 0.3) is 5.78 Å². The summed E-state index contributed by atoms with van der Waals surface area (Å²) in [6.07, 6.45) is 3.12. The second-order valence-corrected chi connectivity index (χ2v) is 13.3. The molecule has 9 nitrogen and oxygen atoms in total. The number of carbonyl (C=O) groups excluding carboxylic acids is 2. The van der Waals surface area contributed by atoms with E-state index in [1.54, 1.807) is 30.3 Å². The van der Waals surface area contributed by atoms with Crippen LogP contribution in [0, 0.1) is 0 Å². The zero-order valence-corrected chi connectivity index (χ0v) is 28.5. The molecule has 5 aromatic rings. The zero-order chi connectivity index (χ0) is 33.6. The Morgan fingerprint density at radius 1 is 0.917 bits per heavy atom. The summed E-state index contributed by atoms with van der Waals surface area (Å²) in [5, 5.41) is 22.9. The van der Waals surface area contributed by atoms with E-state index >= 15 is 0 Å². The number of fused-ring (bicyclic) bond motifs is 1. The lowest BCUT2D eigenvalue weighted by Crippen LogP contribution is -2.29. The van der Waals surface area contributed by atoms with Crippen LogP contribution >= 0.6 is 23.1 Å². The highest BCUT2D eigenvalue weighted by atomic mass is 32.2. The van der Waals surface area contributed by atoms with Gasteiger partial charge in [-0.05, 0) is 58.7 Å². The van der Waals surface area contributed by atoms with E-state index in [9.17, 15) is 14.7 Å². The molecular formula is C37H35N3O6S2. The van der Waals surface area contributed by atoms with Crippen LogP contribution < -0.4 is 19.1 Å². The molecule has 2 heterocycles. The van der Waals surface area contributed by atoms with Gasteiger partial charge < -0.3 is 19.3 Å². The average Bonchev–Trinajstić information content (AvgIpc) is 3.70. The third-order valence-corrected chi connectivity index (χ3v) is 10.3. The number of benzene rings is 4. The number of amides is 1. The zero-order valence-electron chi connectivity index (χ0n) is 26.8. The summed E-state index contributed by atoms with van der Waals surface area (Å²) in [6, 6.07) is 25.5. The number of unbranched alkanes of at least 4 members (excludes halogenated alkanes) is 2. The number of carbonyl (C=O) groups is 2. The van der Waals surface area contributed by atoms with Gasteiger partial charge in [0, 0.05) is 11.3 Å². The number of thioether (sulfide) groups is 1. The largest absolute Gasteiger partial charge is 0.507 e. The van der Waals surface area contributed by atoms with E-state index in [1.165, 1.54) is 42.2 Å². The highest BCUT2D eigenvalue weighted by Crippen LogP contribution is 2.45. The third kappa shape index (κ3) is 6.74. The lowest BCUT2D eigenvalue weighted by molar-refractivity contribution is -0.132. The first-order valence-electron chi connectivity index (χ1n) is 15.6. The van der Waals surface area contributed by atoms with Crippen molar-refractivity contribution in [3.05, 3.63) is 107 Å². The molecule has 1 amide bonds. The second kappa shape index (κ2) is 14.9. The van der Waals surface area contributed by atoms with E-state index in [2.05, 4.69) is 41.4 Å². The number of anilines is 1. The van der Waals surface area contributed by atoms with Gasteiger partial charge in [0.1, 0.15) is 11.5 Å². The normalized spacial score (nSPS) is 15.6. The van der Waals surface area contributed by atoms with Crippen LogP contribution in [-0.2, 0) is 15.3 Å². The van der Waals surface area contributed by atoms with Crippen molar-refractivity contribution in [3.8, 4) is 17.2 Å². The number of methoxy groups -OCH3 is 2. The molecule has 4 aromatic carbocycles. The molecule has 1 aliphatic rings.